The standard InChI is InChI=1S/C21H35N3O3/c1-6-10-26-18-9-8-17(12-19(18)27-11-7-2)16(3)24-20(22-5)23-13-21(4)14-25-15-21/h8-9,12,16H,6-7,10-11,13-15H2,1-5H3,(H2,22,23,24). The predicted molar refractivity (Wildman–Crippen MR) is 110 cm³/mol. The van der Waals surface area contributed by atoms with Gasteiger partial charge in [-0.05, 0) is 37.5 Å². The average molecular weight is 378 g/mol. The summed E-state index contributed by atoms with van der Waals surface area (Å²) in [6.07, 6.45) is 1.93. The molecule has 1 atom stereocenters. The first-order valence-electron chi connectivity index (χ1n) is 9.95. The maximum atomic E-state index is 5.91. The summed E-state index contributed by atoms with van der Waals surface area (Å²) >= 11 is 0. The summed E-state index contributed by atoms with van der Waals surface area (Å²) in [4.78, 5) is 4.34. The third-order valence-corrected chi connectivity index (χ3v) is 4.55. The Morgan fingerprint density at radius 2 is 1.85 bits per heavy atom. The molecule has 0 saturated carbocycles. The molecule has 27 heavy (non-hydrogen) atoms. The van der Waals surface area contributed by atoms with E-state index < -0.39 is 0 Å². The maximum Gasteiger partial charge on any atom is 0.191 e. The lowest BCUT2D eigenvalue weighted by Gasteiger charge is -2.38. The number of nitrogens with one attached hydrogen (secondary N) is 2. The lowest BCUT2D eigenvalue weighted by atomic mass is 9.89. The van der Waals surface area contributed by atoms with Gasteiger partial charge in [0.1, 0.15) is 0 Å². The van der Waals surface area contributed by atoms with Crippen LogP contribution in [0.15, 0.2) is 23.2 Å². The predicted octanol–water partition coefficient (Wildman–Crippen LogP) is 3.53. The molecule has 0 spiro atoms. The molecule has 0 aromatic heterocycles. The first kappa shape index (κ1) is 21.4. The molecule has 1 heterocycles. The summed E-state index contributed by atoms with van der Waals surface area (Å²) < 4.78 is 17.0. The molecule has 1 saturated heterocycles. The molecule has 2 N–H and O–H groups in total. The highest BCUT2D eigenvalue weighted by Crippen LogP contribution is 2.31. The molecule has 1 aromatic carbocycles. The van der Waals surface area contributed by atoms with Crippen LogP contribution in [0.25, 0.3) is 0 Å². The maximum absolute atomic E-state index is 5.91. The van der Waals surface area contributed by atoms with E-state index in [9.17, 15) is 0 Å². The number of benzene rings is 1. The zero-order valence-electron chi connectivity index (χ0n) is 17.4. The summed E-state index contributed by atoms with van der Waals surface area (Å²) in [5, 5.41) is 6.86. The van der Waals surface area contributed by atoms with Crippen molar-refractivity contribution >= 4 is 5.96 Å². The second kappa shape index (κ2) is 10.4. The quantitative estimate of drug-likeness (QED) is 0.482. The minimum Gasteiger partial charge on any atom is -0.490 e. The van der Waals surface area contributed by atoms with E-state index in [1.54, 1.807) is 7.05 Å². The van der Waals surface area contributed by atoms with Crippen molar-refractivity contribution in [1.82, 2.24) is 10.6 Å². The Balaban J connectivity index is 2.01. The van der Waals surface area contributed by atoms with Gasteiger partial charge < -0.3 is 24.8 Å². The Kier molecular flexibility index (Phi) is 8.23. The fourth-order valence-electron chi connectivity index (χ4n) is 2.78. The summed E-state index contributed by atoms with van der Waals surface area (Å²) in [6, 6.07) is 6.23. The first-order valence-corrected chi connectivity index (χ1v) is 9.95. The number of guanidine groups is 1. The van der Waals surface area contributed by atoms with Crippen molar-refractivity contribution in [1.29, 1.82) is 0 Å². The van der Waals surface area contributed by atoms with Crippen LogP contribution in [-0.4, -0.2) is 46.0 Å². The van der Waals surface area contributed by atoms with Gasteiger partial charge in [0.2, 0.25) is 0 Å². The van der Waals surface area contributed by atoms with Gasteiger partial charge in [-0.1, -0.05) is 26.8 Å². The number of rotatable bonds is 10. The summed E-state index contributed by atoms with van der Waals surface area (Å²) in [5.41, 5.74) is 1.33. The highest BCUT2D eigenvalue weighted by molar-refractivity contribution is 5.80. The zero-order valence-corrected chi connectivity index (χ0v) is 17.4. The van der Waals surface area contributed by atoms with Crippen LogP contribution in [-0.2, 0) is 4.74 Å². The monoisotopic (exact) mass is 377 g/mol. The minimum atomic E-state index is 0.0887. The molecule has 0 radical (unpaired) electrons. The molecule has 0 bridgehead atoms. The number of nitrogens with zero attached hydrogens (tertiary/aromatic N) is 1. The summed E-state index contributed by atoms with van der Waals surface area (Å²) in [5.74, 6) is 2.40. The van der Waals surface area contributed by atoms with Crippen LogP contribution in [0.2, 0.25) is 0 Å². The fourth-order valence-corrected chi connectivity index (χ4v) is 2.78. The lowest BCUT2D eigenvalue weighted by Crippen LogP contribution is -2.51. The molecule has 6 nitrogen and oxygen atoms in total. The van der Waals surface area contributed by atoms with Gasteiger partial charge in [-0.15, -0.1) is 0 Å². The van der Waals surface area contributed by atoms with Crippen LogP contribution < -0.4 is 20.1 Å². The number of hydrogen-bond donors (Lipinski definition) is 2. The van der Waals surface area contributed by atoms with Gasteiger partial charge in [0.05, 0.1) is 32.5 Å². The van der Waals surface area contributed by atoms with Crippen molar-refractivity contribution < 1.29 is 14.2 Å². The Bertz CT molecular complexity index is 615. The third kappa shape index (κ3) is 6.31. The van der Waals surface area contributed by atoms with Crippen molar-refractivity contribution in [3.63, 3.8) is 0 Å². The topological polar surface area (TPSA) is 64.1 Å². The molecular formula is C21H35N3O3. The SMILES string of the molecule is CCCOc1ccc(C(C)NC(=NC)NCC2(C)COC2)cc1OCCC. The van der Waals surface area contributed by atoms with E-state index in [0.717, 1.165) is 55.6 Å². The molecule has 1 aliphatic rings. The molecule has 0 amide bonds. The highest BCUT2D eigenvalue weighted by atomic mass is 16.5. The molecule has 6 heteroatoms. The largest absolute Gasteiger partial charge is 0.490 e. The highest BCUT2D eigenvalue weighted by Gasteiger charge is 2.33. The Hall–Kier alpha value is -1.95. The van der Waals surface area contributed by atoms with Crippen molar-refractivity contribution in [2.75, 3.05) is 40.0 Å². The number of hydrogen-bond acceptors (Lipinski definition) is 4. The molecule has 2 rings (SSSR count). The van der Waals surface area contributed by atoms with Crippen LogP contribution in [0.3, 0.4) is 0 Å². The van der Waals surface area contributed by atoms with E-state index >= 15 is 0 Å². The van der Waals surface area contributed by atoms with Gasteiger partial charge in [0, 0.05) is 19.0 Å². The van der Waals surface area contributed by atoms with Crippen molar-refractivity contribution in [3.8, 4) is 11.5 Å². The molecule has 1 fully saturated rings. The fraction of sp³-hybridized carbons (Fsp3) is 0.667. The first-order chi connectivity index (χ1) is 13.0. The van der Waals surface area contributed by atoms with E-state index in [4.69, 9.17) is 14.2 Å². The second-order valence-electron chi connectivity index (χ2n) is 7.50. The molecular weight excluding hydrogens is 342 g/mol. The van der Waals surface area contributed by atoms with Crippen LogP contribution >= 0.6 is 0 Å². The van der Waals surface area contributed by atoms with Gasteiger partial charge in [-0.2, -0.15) is 0 Å². The zero-order chi connectivity index (χ0) is 19.7. The van der Waals surface area contributed by atoms with Crippen LogP contribution in [0.4, 0.5) is 0 Å². The van der Waals surface area contributed by atoms with E-state index in [1.807, 2.05) is 6.07 Å². The number of aliphatic imine (C=N–C) groups is 1. The molecule has 1 aliphatic heterocycles. The van der Waals surface area contributed by atoms with Gasteiger partial charge in [0.25, 0.3) is 0 Å². The van der Waals surface area contributed by atoms with Crippen molar-refractivity contribution in [2.45, 2.75) is 46.6 Å². The summed E-state index contributed by atoms with van der Waals surface area (Å²) in [6.45, 7) is 12.3. The van der Waals surface area contributed by atoms with E-state index in [1.165, 1.54) is 0 Å². The van der Waals surface area contributed by atoms with Gasteiger partial charge in [-0.3, -0.25) is 4.99 Å². The van der Waals surface area contributed by atoms with Crippen molar-refractivity contribution in [2.24, 2.45) is 10.4 Å². The smallest absolute Gasteiger partial charge is 0.191 e. The van der Waals surface area contributed by atoms with Crippen LogP contribution in [0.5, 0.6) is 11.5 Å². The Labute approximate surface area is 163 Å². The van der Waals surface area contributed by atoms with Crippen LogP contribution in [0.1, 0.15) is 52.1 Å². The lowest BCUT2D eigenvalue weighted by molar-refractivity contribution is -0.0971. The van der Waals surface area contributed by atoms with Gasteiger partial charge in [0.15, 0.2) is 17.5 Å². The van der Waals surface area contributed by atoms with Crippen molar-refractivity contribution in [3.05, 3.63) is 23.8 Å². The number of ether oxygens (including phenoxy) is 3. The normalized spacial score (nSPS) is 17.0. The van der Waals surface area contributed by atoms with Gasteiger partial charge in [-0.25, -0.2) is 0 Å². The van der Waals surface area contributed by atoms with E-state index in [2.05, 4.69) is 55.5 Å². The average Bonchev–Trinajstić information content (AvgIpc) is 2.66. The minimum absolute atomic E-state index is 0.0887. The molecule has 1 aromatic rings. The summed E-state index contributed by atoms with van der Waals surface area (Å²) in [7, 11) is 1.79. The molecule has 1 unspecified atom stereocenters. The van der Waals surface area contributed by atoms with Gasteiger partial charge >= 0.3 is 0 Å². The van der Waals surface area contributed by atoms with E-state index in [0.29, 0.717) is 13.2 Å². The molecule has 152 valence electrons. The van der Waals surface area contributed by atoms with Crippen LogP contribution in [0, 0.1) is 5.41 Å². The Morgan fingerprint density at radius 1 is 1.19 bits per heavy atom. The molecule has 0 aliphatic carbocycles. The Morgan fingerprint density at radius 3 is 2.41 bits per heavy atom. The third-order valence-electron chi connectivity index (χ3n) is 4.55. The van der Waals surface area contributed by atoms with E-state index in [-0.39, 0.29) is 11.5 Å². The second-order valence-corrected chi connectivity index (χ2v) is 7.50.